The van der Waals surface area contributed by atoms with Gasteiger partial charge in [-0.15, -0.1) is 11.3 Å². The molecule has 21 heavy (non-hydrogen) atoms. The quantitative estimate of drug-likeness (QED) is 0.711. The van der Waals surface area contributed by atoms with Crippen LogP contribution >= 0.6 is 11.3 Å². The second-order valence-electron chi connectivity index (χ2n) is 5.28. The van der Waals surface area contributed by atoms with Gasteiger partial charge in [-0.25, -0.2) is 0 Å². The van der Waals surface area contributed by atoms with Crippen molar-refractivity contribution in [3.05, 3.63) is 52.2 Å². The lowest BCUT2D eigenvalue weighted by atomic mass is 10.1. The molecule has 0 fully saturated rings. The van der Waals surface area contributed by atoms with Crippen molar-refractivity contribution in [1.82, 2.24) is 5.32 Å². The van der Waals surface area contributed by atoms with Crippen molar-refractivity contribution >= 4 is 11.3 Å². The van der Waals surface area contributed by atoms with Gasteiger partial charge in [-0.3, -0.25) is 0 Å². The Balaban J connectivity index is 1.97. The average Bonchev–Trinajstić information content (AvgIpc) is 3.05. The molecule has 0 aliphatic rings. The maximum atomic E-state index is 5.63. The van der Waals surface area contributed by atoms with Gasteiger partial charge in [0.2, 0.25) is 0 Å². The molecule has 2 nitrogen and oxygen atoms in total. The van der Waals surface area contributed by atoms with Crippen LogP contribution in [-0.4, -0.2) is 6.61 Å². The minimum atomic E-state index is 0.331. The Hall–Kier alpha value is -1.32. The van der Waals surface area contributed by atoms with Crippen LogP contribution in [0.1, 0.15) is 56.1 Å². The Bertz CT molecular complexity index is 507. The van der Waals surface area contributed by atoms with Crippen LogP contribution in [0.25, 0.3) is 0 Å². The lowest BCUT2D eigenvalue weighted by molar-refractivity contribution is 0.317. The molecule has 0 saturated carbocycles. The van der Waals surface area contributed by atoms with Crippen LogP contribution < -0.4 is 10.1 Å². The van der Waals surface area contributed by atoms with Crippen molar-refractivity contribution in [3.8, 4) is 5.75 Å². The Kier molecular flexibility index (Phi) is 6.27. The van der Waals surface area contributed by atoms with Crippen molar-refractivity contribution in [2.75, 3.05) is 6.61 Å². The molecule has 1 aromatic heterocycles. The van der Waals surface area contributed by atoms with E-state index in [-0.39, 0.29) is 0 Å². The minimum absolute atomic E-state index is 0.331. The highest BCUT2D eigenvalue weighted by atomic mass is 32.1. The highest BCUT2D eigenvalue weighted by Crippen LogP contribution is 2.26. The summed E-state index contributed by atoms with van der Waals surface area (Å²) in [4.78, 5) is 1.41. The van der Waals surface area contributed by atoms with Crippen LogP contribution in [-0.2, 0) is 0 Å². The van der Waals surface area contributed by atoms with E-state index in [1.54, 1.807) is 0 Å². The van der Waals surface area contributed by atoms with E-state index in [1.807, 2.05) is 11.3 Å². The average molecular weight is 303 g/mol. The summed E-state index contributed by atoms with van der Waals surface area (Å²) < 4.78 is 5.63. The molecule has 0 aliphatic heterocycles. The molecule has 3 heteroatoms. The van der Waals surface area contributed by atoms with E-state index < -0.39 is 0 Å². The van der Waals surface area contributed by atoms with Gasteiger partial charge in [-0.1, -0.05) is 32.0 Å². The number of ether oxygens (including phenoxy) is 1. The van der Waals surface area contributed by atoms with Crippen molar-refractivity contribution < 1.29 is 4.74 Å². The molecular weight excluding hydrogens is 278 g/mol. The summed E-state index contributed by atoms with van der Waals surface area (Å²) in [7, 11) is 0. The number of hydrogen-bond donors (Lipinski definition) is 1. The smallest absolute Gasteiger partial charge is 0.119 e. The Labute approximate surface area is 132 Å². The summed E-state index contributed by atoms with van der Waals surface area (Å²) in [5.41, 5.74) is 1.30. The molecule has 0 amide bonds. The van der Waals surface area contributed by atoms with Crippen molar-refractivity contribution in [1.29, 1.82) is 0 Å². The molecule has 2 unspecified atom stereocenters. The summed E-state index contributed by atoms with van der Waals surface area (Å²) in [6.07, 6.45) is 2.14. The van der Waals surface area contributed by atoms with E-state index >= 15 is 0 Å². The van der Waals surface area contributed by atoms with Crippen molar-refractivity contribution in [3.63, 3.8) is 0 Å². The molecule has 0 radical (unpaired) electrons. The third-order valence-corrected chi connectivity index (χ3v) is 4.58. The molecule has 0 aliphatic carbocycles. The van der Waals surface area contributed by atoms with Crippen LogP contribution in [0, 0.1) is 0 Å². The van der Waals surface area contributed by atoms with Crippen LogP contribution in [0.15, 0.2) is 41.8 Å². The lowest BCUT2D eigenvalue weighted by Crippen LogP contribution is -2.23. The Morgan fingerprint density at radius 1 is 1.14 bits per heavy atom. The Morgan fingerprint density at radius 2 is 1.90 bits per heavy atom. The molecule has 1 heterocycles. The number of rotatable bonds is 8. The molecule has 1 aromatic carbocycles. The maximum Gasteiger partial charge on any atom is 0.119 e. The third-order valence-electron chi connectivity index (χ3n) is 3.60. The summed E-state index contributed by atoms with van der Waals surface area (Å²) in [6.45, 7) is 7.35. The summed E-state index contributed by atoms with van der Waals surface area (Å²) in [5.74, 6) is 0.957. The second-order valence-corrected chi connectivity index (χ2v) is 6.26. The van der Waals surface area contributed by atoms with Crippen LogP contribution in [0.3, 0.4) is 0 Å². The molecule has 0 spiro atoms. The first-order valence-corrected chi connectivity index (χ1v) is 8.64. The summed E-state index contributed by atoms with van der Waals surface area (Å²) in [6, 6.07) is 13.5. The summed E-state index contributed by atoms with van der Waals surface area (Å²) >= 11 is 1.82. The van der Waals surface area contributed by atoms with Crippen molar-refractivity contribution in [2.24, 2.45) is 0 Å². The van der Waals surface area contributed by atoms with E-state index in [1.165, 1.54) is 10.4 Å². The predicted molar refractivity (Wildman–Crippen MR) is 91.1 cm³/mol. The van der Waals surface area contributed by atoms with Gasteiger partial charge in [-0.05, 0) is 48.9 Å². The number of hydrogen-bond acceptors (Lipinski definition) is 3. The van der Waals surface area contributed by atoms with E-state index in [2.05, 4.69) is 67.9 Å². The molecule has 2 aromatic rings. The fourth-order valence-corrected chi connectivity index (χ4v) is 3.23. The van der Waals surface area contributed by atoms with E-state index in [0.717, 1.165) is 25.2 Å². The van der Waals surface area contributed by atoms with Gasteiger partial charge in [0.1, 0.15) is 5.75 Å². The minimum Gasteiger partial charge on any atom is -0.494 e. The Morgan fingerprint density at radius 3 is 2.48 bits per heavy atom. The summed E-state index contributed by atoms with van der Waals surface area (Å²) in [5, 5.41) is 5.86. The SMILES string of the molecule is CCCOc1ccc(C(C)NC(CC)c2cccs2)cc1. The zero-order chi connectivity index (χ0) is 15.1. The molecule has 0 bridgehead atoms. The zero-order valence-corrected chi connectivity index (χ0v) is 14.0. The van der Waals surface area contributed by atoms with Crippen LogP contribution in [0.5, 0.6) is 5.75 Å². The van der Waals surface area contributed by atoms with E-state index in [9.17, 15) is 0 Å². The second kappa shape index (κ2) is 8.20. The van der Waals surface area contributed by atoms with Gasteiger partial charge in [0.25, 0.3) is 0 Å². The first kappa shape index (κ1) is 16.1. The molecule has 0 saturated heterocycles. The first-order chi connectivity index (χ1) is 10.2. The molecular formula is C18H25NOS. The standard InChI is InChI=1S/C18H25NOS/c1-4-12-20-16-10-8-15(9-11-16)14(3)19-17(5-2)18-7-6-13-21-18/h6-11,13-14,17,19H,4-5,12H2,1-3H3. The highest BCUT2D eigenvalue weighted by Gasteiger charge is 2.14. The number of nitrogens with one attached hydrogen (secondary N) is 1. The maximum absolute atomic E-state index is 5.63. The van der Waals surface area contributed by atoms with Crippen LogP contribution in [0.4, 0.5) is 0 Å². The van der Waals surface area contributed by atoms with E-state index in [4.69, 9.17) is 4.74 Å². The molecule has 1 N–H and O–H groups in total. The van der Waals surface area contributed by atoms with Gasteiger partial charge in [0.05, 0.1) is 6.61 Å². The monoisotopic (exact) mass is 303 g/mol. The normalized spacial score (nSPS) is 13.9. The third kappa shape index (κ3) is 4.58. The topological polar surface area (TPSA) is 21.3 Å². The molecule has 114 valence electrons. The molecule has 2 atom stereocenters. The lowest BCUT2D eigenvalue weighted by Gasteiger charge is -2.22. The number of benzene rings is 1. The van der Waals surface area contributed by atoms with Gasteiger partial charge in [-0.2, -0.15) is 0 Å². The molecule has 2 rings (SSSR count). The van der Waals surface area contributed by atoms with Gasteiger partial charge in [0.15, 0.2) is 0 Å². The van der Waals surface area contributed by atoms with Gasteiger partial charge >= 0.3 is 0 Å². The fourth-order valence-electron chi connectivity index (χ4n) is 2.36. The first-order valence-electron chi connectivity index (χ1n) is 7.76. The van der Waals surface area contributed by atoms with E-state index in [0.29, 0.717) is 12.1 Å². The van der Waals surface area contributed by atoms with Crippen LogP contribution in [0.2, 0.25) is 0 Å². The zero-order valence-electron chi connectivity index (χ0n) is 13.1. The van der Waals surface area contributed by atoms with Gasteiger partial charge < -0.3 is 10.1 Å². The van der Waals surface area contributed by atoms with Crippen molar-refractivity contribution in [2.45, 2.75) is 45.7 Å². The largest absolute Gasteiger partial charge is 0.494 e. The number of thiophene rings is 1. The van der Waals surface area contributed by atoms with Gasteiger partial charge in [0, 0.05) is 17.0 Å². The highest BCUT2D eigenvalue weighted by molar-refractivity contribution is 7.10. The predicted octanol–water partition coefficient (Wildman–Crippen LogP) is 5.34. The fraction of sp³-hybridized carbons (Fsp3) is 0.444.